The van der Waals surface area contributed by atoms with Gasteiger partial charge in [-0.25, -0.2) is 4.99 Å². The highest BCUT2D eigenvalue weighted by molar-refractivity contribution is 9.11. The van der Waals surface area contributed by atoms with Crippen LogP contribution < -0.4 is 5.73 Å². The highest BCUT2D eigenvalue weighted by Gasteiger charge is 2.24. The van der Waals surface area contributed by atoms with Gasteiger partial charge < -0.3 is 5.73 Å². The van der Waals surface area contributed by atoms with Crippen LogP contribution in [0, 0.1) is 0 Å². The molecule has 1 aliphatic carbocycles. The van der Waals surface area contributed by atoms with E-state index in [4.69, 9.17) is 5.73 Å². The molecule has 0 amide bonds. The second kappa shape index (κ2) is 2.30. The molecule has 1 aliphatic heterocycles. The zero-order valence-corrected chi connectivity index (χ0v) is 7.25. The molecule has 1 heterocycles. The van der Waals surface area contributed by atoms with Crippen LogP contribution in [0.3, 0.4) is 0 Å². The molecule has 0 saturated carbocycles. The van der Waals surface area contributed by atoms with E-state index in [0.717, 1.165) is 10.1 Å². The van der Waals surface area contributed by atoms with Crippen molar-refractivity contribution < 1.29 is 0 Å². The van der Waals surface area contributed by atoms with Gasteiger partial charge in [0.15, 0.2) is 0 Å². The van der Waals surface area contributed by atoms with Gasteiger partial charge >= 0.3 is 0 Å². The molecule has 0 radical (unpaired) electrons. The smallest absolute Gasteiger partial charge is 0.130 e. The lowest BCUT2D eigenvalue weighted by atomic mass is 10.1. The summed E-state index contributed by atoms with van der Waals surface area (Å²) in [5.74, 6) is 0.565. The van der Waals surface area contributed by atoms with E-state index in [1.165, 1.54) is 6.34 Å². The number of aliphatic imine (C=N–C) groups is 2. The predicted molar refractivity (Wildman–Crippen MR) is 49.0 cm³/mol. The summed E-state index contributed by atoms with van der Waals surface area (Å²) in [6.45, 7) is 0. The third-order valence-electron chi connectivity index (χ3n) is 1.69. The van der Waals surface area contributed by atoms with Crippen LogP contribution >= 0.6 is 15.9 Å². The second-order valence-electron chi connectivity index (χ2n) is 2.35. The molecule has 2 rings (SSSR count). The summed E-state index contributed by atoms with van der Waals surface area (Å²) in [5.41, 5.74) is 6.60. The van der Waals surface area contributed by atoms with Gasteiger partial charge in [-0.15, -0.1) is 0 Å². The fourth-order valence-corrected chi connectivity index (χ4v) is 1.61. The van der Waals surface area contributed by atoms with Gasteiger partial charge in [0.2, 0.25) is 0 Å². The fraction of sp³-hybridized carbons (Fsp3) is 0.143. The lowest BCUT2D eigenvalue weighted by Gasteiger charge is -2.13. The quantitative estimate of drug-likeness (QED) is 0.639. The van der Waals surface area contributed by atoms with Crippen LogP contribution in [-0.2, 0) is 0 Å². The molecule has 3 nitrogen and oxygen atoms in total. The standard InChI is InChI=1S/C7H6BrN3/c8-5-2-1-4-6(5)10-3-11-7(4)9/h1-3,6H,(H2,9,10,11)/t6-/m1/s1. The molecule has 0 fully saturated rings. The Kier molecular flexibility index (Phi) is 1.42. The molecule has 11 heavy (non-hydrogen) atoms. The van der Waals surface area contributed by atoms with Crippen LogP contribution in [0.2, 0.25) is 0 Å². The van der Waals surface area contributed by atoms with Crippen LogP contribution in [0.5, 0.6) is 0 Å². The van der Waals surface area contributed by atoms with E-state index in [9.17, 15) is 0 Å². The minimum atomic E-state index is 0.0625. The molecule has 56 valence electrons. The third-order valence-corrected chi connectivity index (χ3v) is 2.38. The topological polar surface area (TPSA) is 50.7 Å². The van der Waals surface area contributed by atoms with E-state index in [1.807, 2.05) is 12.2 Å². The normalized spacial score (nSPS) is 27.4. The molecule has 2 aliphatic rings. The second-order valence-corrected chi connectivity index (χ2v) is 3.27. The van der Waals surface area contributed by atoms with Crippen molar-refractivity contribution in [3.8, 4) is 0 Å². The Morgan fingerprint density at radius 1 is 1.45 bits per heavy atom. The van der Waals surface area contributed by atoms with E-state index in [0.29, 0.717) is 5.84 Å². The van der Waals surface area contributed by atoms with Gasteiger partial charge in [-0.3, -0.25) is 4.99 Å². The van der Waals surface area contributed by atoms with Gasteiger partial charge in [0.05, 0.1) is 0 Å². The van der Waals surface area contributed by atoms with E-state index in [2.05, 4.69) is 25.9 Å². The zero-order valence-electron chi connectivity index (χ0n) is 5.66. The van der Waals surface area contributed by atoms with Crippen molar-refractivity contribution in [1.82, 2.24) is 0 Å². The maximum absolute atomic E-state index is 5.62. The molecular weight excluding hydrogens is 206 g/mol. The van der Waals surface area contributed by atoms with Gasteiger partial charge in [0, 0.05) is 10.1 Å². The van der Waals surface area contributed by atoms with Crippen LogP contribution in [0.15, 0.2) is 32.2 Å². The third kappa shape index (κ3) is 0.939. The van der Waals surface area contributed by atoms with Crippen molar-refractivity contribution in [3.05, 3.63) is 22.2 Å². The largest absolute Gasteiger partial charge is 0.383 e. The maximum Gasteiger partial charge on any atom is 0.130 e. The number of rotatable bonds is 0. The molecule has 1 atom stereocenters. The number of amidine groups is 1. The van der Waals surface area contributed by atoms with Crippen molar-refractivity contribution in [2.75, 3.05) is 0 Å². The van der Waals surface area contributed by atoms with E-state index >= 15 is 0 Å². The van der Waals surface area contributed by atoms with Crippen molar-refractivity contribution >= 4 is 28.1 Å². The van der Waals surface area contributed by atoms with Gasteiger partial charge in [-0.1, -0.05) is 22.0 Å². The van der Waals surface area contributed by atoms with Crippen molar-refractivity contribution in [3.63, 3.8) is 0 Å². The highest BCUT2D eigenvalue weighted by Crippen LogP contribution is 2.28. The van der Waals surface area contributed by atoms with Crippen LogP contribution in [0.4, 0.5) is 0 Å². The molecule has 0 unspecified atom stereocenters. The zero-order chi connectivity index (χ0) is 7.84. The molecule has 2 N–H and O–H groups in total. The Morgan fingerprint density at radius 3 is 3.00 bits per heavy atom. The molecule has 0 saturated heterocycles. The van der Waals surface area contributed by atoms with Crippen LogP contribution in [0.1, 0.15) is 0 Å². The molecule has 0 bridgehead atoms. The number of allylic oxidation sites excluding steroid dienone is 2. The Balaban J connectivity index is 2.42. The van der Waals surface area contributed by atoms with E-state index in [-0.39, 0.29) is 6.04 Å². The summed E-state index contributed by atoms with van der Waals surface area (Å²) < 4.78 is 1.04. The van der Waals surface area contributed by atoms with E-state index in [1.54, 1.807) is 0 Å². The fourth-order valence-electron chi connectivity index (χ4n) is 1.11. The minimum absolute atomic E-state index is 0.0625. The monoisotopic (exact) mass is 211 g/mol. The molecule has 0 spiro atoms. The first kappa shape index (κ1) is 6.79. The van der Waals surface area contributed by atoms with E-state index < -0.39 is 0 Å². The Hall–Kier alpha value is -0.900. The Morgan fingerprint density at radius 2 is 2.27 bits per heavy atom. The first-order chi connectivity index (χ1) is 5.29. The first-order valence-electron chi connectivity index (χ1n) is 3.21. The molecule has 4 heteroatoms. The molecule has 0 aromatic rings. The van der Waals surface area contributed by atoms with Gasteiger partial charge in [0.1, 0.15) is 18.2 Å². The number of halogens is 1. The SMILES string of the molecule is NC1=NC=N[C@H]2C(Br)=CC=C12. The minimum Gasteiger partial charge on any atom is -0.383 e. The number of nitrogens with two attached hydrogens (primary N) is 1. The first-order valence-corrected chi connectivity index (χ1v) is 4.01. The summed E-state index contributed by atoms with van der Waals surface area (Å²) in [4.78, 5) is 8.03. The summed E-state index contributed by atoms with van der Waals surface area (Å²) in [5, 5.41) is 0. The van der Waals surface area contributed by atoms with Crippen LogP contribution in [0.25, 0.3) is 0 Å². The average Bonchev–Trinajstić information content (AvgIpc) is 2.35. The summed E-state index contributed by atoms with van der Waals surface area (Å²) in [7, 11) is 0. The predicted octanol–water partition coefficient (Wildman–Crippen LogP) is 0.973. The number of nitrogens with zero attached hydrogens (tertiary/aromatic N) is 2. The van der Waals surface area contributed by atoms with Crippen molar-refractivity contribution in [2.24, 2.45) is 15.7 Å². The average molecular weight is 212 g/mol. The maximum atomic E-state index is 5.62. The van der Waals surface area contributed by atoms with Crippen LogP contribution in [-0.4, -0.2) is 18.2 Å². The summed E-state index contributed by atoms with van der Waals surface area (Å²) in [6, 6.07) is 0.0625. The molecule has 0 aromatic heterocycles. The number of hydrogen-bond donors (Lipinski definition) is 1. The van der Waals surface area contributed by atoms with Crippen molar-refractivity contribution in [2.45, 2.75) is 6.04 Å². The van der Waals surface area contributed by atoms with Gasteiger partial charge in [-0.2, -0.15) is 0 Å². The molecule has 0 aromatic carbocycles. The number of hydrogen-bond acceptors (Lipinski definition) is 3. The Labute approximate surface area is 72.5 Å². The molecular formula is C7H6BrN3. The Bertz CT molecular complexity index is 312. The van der Waals surface area contributed by atoms with Gasteiger partial charge in [-0.05, 0) is 6.08 Å². The summed E-state index contributed by atoms with van der Waals surface area (Å²) in [6.07, 6.45) is 5.38. The lowest BCUT2D eigenvalue weighted by molar-refractivity contribution is 0.989. The summed E-state index contributed by atoms with van der Waals surface area (Å²) >= 11 is 3.39. The van der Waals surface area contributed by atoms with Crippen molar-refractivity contribution in [1.29, 1.82) is 0 Å². The highest BCUT2D eigenvalue weighted by atomic mass is 79.9. The number of fused-ring (bicyclic) bond motifs is 1. The lowest BCUT2D eigenvalue weighted by Crippen LogP contribution is -2.24. The van der Waals surface area contributed by atoms with Gasteiger partial charge in [0.25, 0.3) is 0 Å².